The van der Waals surface area contributed by atoms with Gasteiger partial charge >= 0.3 is 6.18 Å². The smallest absolute Gasteiger partial charge is 0.252 e. The second kappa shape index (κ2) is 3.61. The van der Waals surface area contributed by atoms with E-state index in [-0.39, 0.29) is 13.5 Å². The van der Waals surface area contributed by atoms with Crippen molar-refractivity contribution in [3.63, 3.8) is 0 Å². The molecule has 0 saturated heterocycles. The Kier molecular flexibility index (Phi) is 3.38. The van der Waals surface area contributed by atoms with Crippen molar-refractivity contribution in [2.45, 2.75) is 6.18 Å². The van der Waals surface area contributed by atoms with Gasteiger partial charge in [0, 0.05) is 6.20 Å². The molecule has 62 valence electrons. The topological polar surface area (TPSA) is 12.9 Å². The summed E-state index contributed by atoms with van der Waals surface area (Å²) in [5.74, 6) is 0. The highest BCUT2D eigenvalue weighted by Crippen LogP contribution is 2.26. The summed E-state index contributed by atoms with van der Waals surface area (Å²) in [5.41, 5.74) is -0.852. The van der Waals surface area contributed by atoms with Crippen molar-refractivity contribution < 1.29 is 13.2 Å². The molecule has 0 aliphatic rings. The lowest BCUT2D eigenvalue weighted by molar-refractivity contribution is -0.141. The molecule has 0 amide bonds. The van der Waals surface area contributed by atoms with Gasteiger partial charge in [0.15, 0.2) is 0 Å². The van der Waals surface area contributed by atoms with Gasteiger partial charge in [-0.05, 0) is 12.1 Å². The predicted octanol–water partition coefficient (Wildman–Crippen LogP) is 2.21. The first-order valence-corrected chi connectivity index (χ1v) is 2.59. The Balaban J connectivity index is 0.000001000. The van der Waals surface area contributed by atoms with Crippen LogP contribution in [-0.2, 0) is 6.18 Å². The quantitative estimate of drug-likeness (QED) is 0.598. The van der Waals surface area contributed by atoms with Crippen LogP contribution in [0.15, 0.2) is 24.4 Å². The van der Waals surface area contributed by atoms with Crippen LogP contribution in [0.3, 0.4) is 0 Å². The average Bonchev–Trinajstić information content (AvgIpc) is 1.88. The third-order valence-electron chi connectivity index (χ3n) is 0.955. The molecular weight excluding hydrogens is 175 g/mol. The first-order valence-electron chi connectivity index (χ1n) is 2.59. The first-order chi connectivity index (χ1) is 4.61. The molecule has 5 heteroatoms. The summed E-state index contributed by atoms with van der Waals surface area (Å²) < 4.78 is 35.2. The molecule has 0 radical (unpaired) electrons. The summed E-state index contributed by atoms with van der Waals surface area (Å²) in [4.78, 5) is 3.12. The minimum Gasteiger partial charge on any atom is -0.252 e. The Morgan fingerprint density at radius 3 is 2.09 bits per heavy atom. The monoisotopic (exact) mass is 181 g/mol. The van der Waals surface area contributed by atoms with Crippen LogP contribution in [-0.4, -0.2) is 4.98 Å². The van der Waals surface area contributed by atoms with Crippen LogP contribution in [0, 0.1) is 0 Å². The Labute approximate surface area is 68.7 Å². The fourth-order valence-electron chi connectivity index (χ4n) is 0.530. The van der Waals surface area contributed by atoms with E-state index in [2.05, 4.69) is 4.98 Å². The molecular formula is C6H6F3NS. The van der Waals surface area contributed by atoms with Crippen molar-refractivity contribution in [2.75, 3.05) is 0 Å². The number of aromatic nitrogens is 1. The summed E-state index contributed by atoms with van der Waals surface area (Å²) in [6.07, 6.45) is -3.20. The molecule has 1 nitrogen and oxygen atoms in total. The van der Waals surface area contributed by atoms with Gasteiger partial charge in [-0.25, -0.2) is 0 Å². The van der Waals surface area contributed by atoms with E-state index < -0.39 is 11.9 Å². The van der Waals surface area contributed by atoms with Gasteiger partial charge in [0.25, 0.3) is 0 Å². The molecule has 0 aliphatic heterocycles. The van der Waals surface area contributed by atoms with E-state index in [0.29, 0.717) is 0 Å². The Hall–Kier alpha value is -0.710. The maximum Gasteiger partial charge on any atom is 0.433 e. The van der Waals surface area contributed by atoms with Gasteiger partial charge in [-0.3, -0.25) is 4.98 Å². The minimum atomic E-state index is -4.32. The van der Waals surface area contributed by atoms with Crippen molar-refractivity contribution in [3.8, 4) is 0 Å². The van der Waals surface area contributed by atoms with Gasteiger partial charge in [0.2, 0.25) is 0 Å². The molecule has 0 atom stereocenters. The fraction of sp³-hybridized carbons (Fsp3) is 0.167. The molecule has 0 N–H and O–H groups in total. The van der Waals surface area contributed by atoms with Crippen LogP contribution in [0.2, 0.25) is 0 Å². The van der Waals surface area contributed by atoms with Crippen molar-refractivity contribution in [1.29, 1.82) is 0 Å². The molecule has 0 saturated carbocycles. The van der Waals surface area contributed by atoms with Crippen LogP contribution < -0.4 is 0 Å². The molecule has 0 spiro atoms. The van der Waals surface area contributed by atoms with E-state index in [1.807, 2.05) is 0 Å². The predicted molar refractivity (Wildman–Crippen MR) is 39.6 cm³/mol. The zero-order valence-electron chi connectivity index (χ0n) is 5.39. The molecule has 1 rings (SSSR count). The molecule has 0 bridgehead atoms. The largest absolute Gasteiger partial charge is 0.433 e. The zero-order valence-corrected chi connectivity index (χ0v) is 6.39. The van der Waals surface area contributed by atoms with E-state index in [0.717, 1.165) is 12.3 Å². The lowest BCUT2D eigenvalue weighted by atomic mass is 10.3. The van der Waals surface area contributed by atoms with Gasteiger partial charge < -0.3 is 0 Å². The number of halogens is 3. The highest BCUT2D eigenvalue weighted by atomic mass is 32.1. The maximum atomic E-state index is 11.7. The Morgan fingerprint density at radius 1 is 1.18 bits per heavy atom. The summed E-state index contributed by atoms with van der Waals surface area (Å²) >= 11 is 0. The van der Waals surface area contributed by atoms with Crippen molar-refractivity contribution >= 4 is 13.5 Å². The lowest BCUT2D eigenvalue weighted by Gasteiger charge is -2.02. The zero-order chi connectivity index (χ0) is 7.61. The van der Waals surface area contributed by atoms with E-state index in [1.165, 1.54) is 12.1 Å². The average molecular weight is 181 g/mol. The molecule has 11 heavy (non-hydrogen) atoms. The molecule has 0 unspecified atom stereocenters. The molecule has 1 aromatic rings. The first kappa shape index (κ1) is 10.3. The van der Waals surface area contributed by atoms with E-state index in [9.17, 15) is 13.2 Å². The van der Waals surface area contributed by atoms with Crippen LogP contribution in [0.5, 0.6) is 0 Å². The Bertz CT molecular complexity index is 209. The molecule has 0 aliphatic carbocycles. The number of nitrogens with zero attached hydrogens (tertiary/aromatic N) is 1. The summed E-state index contributed by atoms with van der Waals surface area (Å²) in [7, 11) is 0. The van der Waals surface area contributed by atoms with Gasteiger partial charge in [-0.2, -0.15) is 26.7 Å². The Morgan fingerprint density at radius 2 is 1.82 bits per heavy atom. The van der Waals surface area contributed by atoms with E-state index in [1.54, 1.807) is 0 Å². The minimum absolute atomic E-state index is 0. The van der Waals surface area contributed by atoms with E-state index >= 15 is 0 Å². The van der Waals surface area contributed by atoms with Crippen LogP contribution in [0.1, 0.15) is 5.69 Å². The van der Waals surface area contributed by atoms with Crippen LogP contribution in [0.25, 0.3) is 0 Å². The van der Waals surface area contributed by atoms with Gasteiger partial charge in [-0.15, -0.1) is 0 Å². The normalized spacial score (nSPS) is 10.5. The second-order valence-corrected chi connectivity index (χ2v) is 1.71. The fourth-order valence-corrected chi connectivity index (χ4v) is 0.530. The molecule has 0 fully saturated rings. The summed E-state index contributed by atoms with van der Waals surface area (Å²) in [5, 5.41) is 0. The molecule has 1 heterocycles. The molecule has 0 aromatic carbocycles. The molecule has 1 aromatic heterocycles. The van der Waals surface area contributed by atoms with E-state index in [4.69, 9.17) is 0 Å². The van der Waals surface area contributed by atoms with Gasteiger partial charge in [0.1, 0.15) is 5.69 Å². The third kappa shape index (κ3) is 2.80. The highest BCUT2D eigenvalue weighted by Gasteiger charge is 2.31. The number of rotatable bonds is 0. The van der Waals surface area contributed by atoms with Gasteiger partial charge in [0.05, 0.1) is 0 Å². The van der Waals surface area contributed by atoms with Crippen LogP contribution in [0.4, 0.5) is 13.2 Å². The van der Waals surface area contributed by atoms with Crippen molar-refractivity contribution in [1.82, 2.24) is 4.98 Å². The number of pyridine rings is 1. The van der Waals surface area contributed by atoms with Crippen LogP contribution >= 0.6 is 13.5 Å². The highest BCUT2D eigenvalue weighted by molar-refractivity contribution is 7.59. The van der Waals surface area contributed by atoms with Gasteiger partial charge in [-0.1, -0.05) is 6.07 Å². The van der Waals surface area contributed by atoms with Crippen molar-refractivity contribution in [2.24, 2.45) is 0 Å². The number of hydrogen-bond donors (Lipinski definition) is 0. The maximum absolute atomic E-state index is 11.7. The summed E-state index contributed by atoms with van der Waals surface area (Å²) in [6, 6.07) is 3.67. The third-order valence-corrected chi connectivity index (χ3v) is 0.955. The number of hydrogen-bond acceptors (Lipinski definition) is 1. The SMILES string of the molecule is FC(F)(F)c1ccccn1.S. The summed E-state index contributed by atoms with van der Waals surface area (Å²) in [6.45, 7) is 0. The number of alkyl halides is 3. The standard InChI is InChI=1S/C6H4F3N.H2S/c7-6(8,9)5-3-1-2-4-10-5;/h1-4H;1H2. The van der Waals surface area contributed by atoms with Crippen molar-refractivity contribution in [3.05, 3.63) is 30.1 Å². The lowest BCUT2D eigenvalue weighted by Crippen LogP contribution is -2.06. The second-order valence-electron chi connectivity index (χ2n) is 1.71.